The summed E-state index contributed by atoms with van der Waals surface area (Å²) in [7, 11) is 0. The molecule has 2 amide bonds. The molecule has 1 aliphatic heterocycles. The number of benzene rings is 1. The standard InChI is InChI=1S/C17H23N3O2/c1-4-19(5-2)12-11-18-20-16(21)13(3)15(17(20)22)14-9-7-6-8-10-14/h6-10,18H,4-5,11-12H2,1-3H3. The van der Waals surface area contributed by atoms with Gasteiger partial charge in [0.05, 0.1) is 5.57 Å². The zero-order chi connectivity index (χ0) is 16.1. The highest BCUT2D eigenvalue weighted by Crippen LogP contribution is 2.27. The van der Waals surface area contributed by atoms with Crippen molar-refractivity contribution in [2.45, 2.75) is 20.8 Å². The largest absolute Gasteiger partial charge is 0.303 e. The van der Waals surface area contributed by atoms with Crippen LogP contribution in [0, 0.1) is 0 Å². The number of rotatable bonds is 7. The Balaban J connectivity index is 2.06. The van der Waals surface area contributed by atoms with E-state index in [2.05, 4.69) is 24.2 Å². The van der Waals surface area contributed by atoms with Gasteiger partial charge in [-0.05, 0) is 25.6 Å². The molecule has 0 saturated carbocycles. The molecule has 1 aliphatic rings. The Hall–Kier alpha value is -1.98. The van der Waals surface area contributed by atoms with Crippen LogP contribution in [0.4, 0.5) is 0 Å². The molecule has 0 saturated heterocycles. The SMILES string of the molecule is CCN(CC)CCNN1C(=O)C(C)=C(c2ccccc2)C1=O. The number of nitrogens with one attached hydrogen (secondary N) is 1. The number of likely N-dealkylation sites (N-methyl/N-ethyl adjacent to an activating group) is 1. The number of carbonyl (C=O) groups excluding carboxylic acids is 2. The number of amides is 2. The number of nitrogens with zero attached hydrogens (tertiary/aromatic N) is 2. The van der Waals surface area contributed by atoms with Crippen LogP contribution < -0.4 is 5.43 Å². The van der Waals surface area contributed by atoms with E-state index >= 15 is 0 Å². The average molecular weight is 301 g/mol. The van der Waals surface area contributed by atoms with Crippen LogP contribution in [0.1, 0.15) is 26.3 Å². The molecule has 5 heteroatoms. The fourth-order valence-electron chi connectivity index (χ4n) is 2.59. The van der Waals surface area contributed by atoms with Crippen molar-refractivity contribution in [1.82, 2.24) is 15.3 Å². The van der Waals surface area contributed by atoms with E-state index in [1.807, 2.05) is 30.3 Å². The molecule has 0 spiro atoms. The maximum Gasteiger partial charge on any atom is 0.276 e. The van der Waals surface area contributed by atoms with E-state index < -0.39 is 0 Å². The molecule has 0 bridgehead atoms. The van der Waals surface area contributed by atoms with E-state index in [1.54, 1.807) is 6.92 Å². The Labute approximate surface area is 131 Å². The van der Waals surface area contributed by atoms with Gasteiger partial charge in [-0.15, -0.1) is 0 Å². The average Bonchev–Trinajstić information content (AvgIpc) is 2.75. The van der Waals surface area contributed by atoms with Gasteiger partial charge in [0.25, 0.3) is 11.8 Å². The second-order valence-corrected chi connectivity index (χ2v) is 5.25. The third kappa shape index (κ3) is 3.26. The molecule has 0 aliphatic carbocycles. The Morgan fingerprint density at radius 1 is 1.05 bits per heavy atom. The second kappa shape index (κ2) is 7.33. The van der Waals surface area contributed by atoms with Crippen LogP contribution in [0.5, 0.6) is 0 Å². The van der Waals surface area contributed by atoms with Crippen molar-refractivity contribution in [3.63, 3.8) is 0 Å². The Morgan fingerprint density at radius 2 is 1.68 bits per heavy atom. The molecule has 1 N–H and O–H groups in total. The van der Waals surface area contributed by atoms with Crippen LogP contribution in [-0.4, -0.2) is 47.9 Å². The zero-order valence-electron chi connectivity index (χ0n) is 13.4. The van der Waals surface area contributed by atoms with Crippen molar-refractivity contribution < 1.29 is 9.59 Å². The minimum atomic E-state index is -0.270. The molecule has 2 rings (SSSR count). The van der Waals surface area contributed by atoms with E-state index in [9.17, 15) is 9.59 Å². The number of hydrogen-bond donors (Lipinski definition) is 1. The summed E-state index contributed by atoms with van der Waals surface area (Å²) < 4.78 is 0. The lowest BCUT2D eigenvalue weighted by Crippen LogP contribution is -2.46. The van der Waals surface area contributed by atoms with E-state index in [1.165, 1.54) is 0 Å². The maximum absolute atomic E-state index is 12.5. The van der Waals surface area contributed by atoms with Gasteiger partial charge < -0.3 is 4.90 Å². The first-order valence-corrected chi connectivity index (χ1v) is 7.71. The van der Waals surface area contributed by atoms with Gasteiger partial charge in [-0.1, -0.05) is 44.2 Å². The van der Waals surface area contributed by atoms with Gasteiger partial charge in [0, 0.05) is 18.7 Å². The topological polar surface area (TPSA) is 52.6 Å². The van der Waals surface area contributed by atoms with Gasteiger partial charge >= 0.3 is 0 Å². The molecule has 5 nitrogen and oxygen atoms in total. The fraction of sp³-hybridized carbons (Fsp3) is 0.412. The number of imide groups is 1. The Morgan fingerprint density at radius 3 is 2.27 bits per heavy atom. The lowest BCUT2D eigenvalue weighted by atomic mass is 10.0. The number of hydrazine groups is 1. The van der Waals surface area contributed by atoms with Crippen LogP contribution in [0.3, 0.4) is 0 Å². The minimum Gasteiger partial charge on any atom is -0.303 e. The van der Waals surface area contributed by atoms with E-state index in [4.69, 9.17) is 0 Å². The second-order valence-electron chi connectivity index (χ2n) is 5.25. The summed E-state index contributed by atoms with van der Waals surface area (Å²) in [5.41, 5.74) is 4.72. The predicted octanol–water partition coefficient (Wildman–Crippen LogP) is 1.68. The summed E-state index contributed by atoms with van der Waals surface area (Å²) in [6.45, 7) is 9.15. The number of carbonyl (C=O) groups is 2. The molecule has 0 unspecified atom stereocenters. The smallest absolute Gasteiger partial charge is 0.276 e. The van der Waals surface area contributed by atoms with Crippen molar-refractivity contribution in [3.8, 4) is 0 Å². The first-order chi connectivity index (χ1) is 10.6. The summed E-state index contributed by atoms with van der Waals surface area (Å²) in [5.74, 6) is -0.531. The highest BCUT2D eigenvalue weighted by atomic mass is 16.2. The van der Waals surface area contributed by atoms with Crippen molar-refractivity contribution in [3.05, 3.63) is 41.5 Å². The third-order valence-corrected chi connectivity index (χ3v) is 3.97. The molecule has 1 aromatic carbocycles. The summed E-state index contributed by atoms with van der Waals surface area (Å²) in [6, 6.07) is 9.32. The van der Waals surface area contributed by atoms with Gasteiger partial charge in [0.2, 0.25) is 0 Å². The molecule has 0 atom stereocenters. The van der Waals surface area contributed by atoms with Crippen LogP contribution in [0.2, 0.25) is 0 Å². The summed E-state index contributed by atoms with van der Waals surface area (Å²) in [4.78, 5) is 27.0. The molecule has 1 aromatic rings. The highest BCUT2D eigenvalue weighted by Gasteiger charge is 2.36. The van der Waals surface area contributed by atoms with Crippen LogP contribution in [0.15, 0.2) is 35.9 Å². The van der Waals surface area contributed by atoms with Crippen LogP contribution in [-0.2, 0) is 9.59 Å². The lowest BCUT2D eigenvalue weighted by molar-refractivity contribution is -0.140. The van der Waals surface area contributed by atoms with Gasteiger partial charge in [-0.25, -0.2) is 10.4 Å². The monoisotopic (exact) mass is 301 g/mol. The van der Waals surface area contributed by atoms with Crippen molar-refractivity contribution in [1.29, 1.82) is 0 Å². The van der Waals surface area contributed by atoms with Gasteiger partial charge in [0.1, 0.15) is 0 Å². The van der Waals surface area contributed by atoms with Crippen molar-refractivity contribution in [2.75, 3.05) is 26.2 Å². The molecular weight excluding hydrogens is 278 g/mol. The quantitative estimate of drug-likeness (QED) is 0.779. The van der Waals surface area contributed by atoms with E-state index in [0.717, 1.165) is 30.2 Å². The van der Waals surface area contributed by atoms with Crippen molar-refractivity contribution in [2.24, 2.45) is 0 Å². The molecule has 0 aromatic heterocycles. The molecule has 0 fully saturated rings. The van der Waals surface area contributed by atoms with Crippen molar-refractivity contribution >= 4 is 17.4 Å². The highest BCUT2D eigenvalue weighted by molar-refractivity contribution is 6.35. The lowest BCUT2D eigenvalue weighted by Gasteiger charge is -2.21. The third-order valence-electron chi connectivity index (χ3n) is 3.97. The predicted molar refractivity (Wildman–Crippen MR) is 86.7 cm³/mol. The summed E-state index contributed by atoms with van der Waals surface area (Å²) >= 11 is 0. The molecule has 0 radical (unpaired) electrons. The van der Waals surface area contributed by atoms with E-state index in [-0.39, 0.29) is 11.8 Å². The maximum atomic E-state index is 12.5. The molecule has 1 heterocycles. The number of hydrogen-bond acceptors (Lipinski definition) is 4. The molecule has 22 heavy (non-hydrogen) atoms. The van der Waals surface area contributed by atoms with Gasteiger partial charge in [-0.2, -0.15) is 0 Å². The van der Waals surface area contributed by atoms with Gasteiger partial charge in [-0.3, -0.25) is 9.59 Å². The molecule has 118 valence electrons. The van der Waals surface area contributed by atoms with E-state index in [0.29, 0.717) is 17.7 Å². The normalized spacial score (nSPS) is 15.4. The van der Waals surface area contributed by atoms with Crippen LogP contribution in [0.25, 0.3) is 5.57 Å². The zero-order valence-corrected chi connectivity index (χ0v) is 13.4. The van der Waals surface area contributed by atoms with Gasteiger partial charge in [0.15, 0.2) is 0 Å². The first kappa shape index (κ1) is 16.4. The minimum absolute atomic E-state index is 0.261. The Bertz CT molecular complexity index is 577. The summed E-state index contributed by atoms with van der Waals surface area (Å²) in [5, 5.41) is 1.14. The van der Waals surface area contributed by atoms with Crippen LogP contribution >= 0.6 is 0 Å². The first-order valence-electron chi connectivity index (χ1n) is 7.71. The summed E-state index contributed by atoms with van der Waals surface area (Å²) in [6.07, 6.45) is 0. The Kier molecular flexibility index (Phi) is 5.46. The fourth-order valence-corrected chi connectivity index (χ4v) is 2.59. The molecular formula is C17H23N3O2.